The van der Waals surface area contributed by atoms with Crippen LogP contribution in [0.3, 0.4) is 0 Å². The third kappa shape index (κ3) is 5.55. The van der Waals surface area contributed by atoms with Gasteiger partial charge in [0.25, 0.3) is 0 Å². The fourth-order valence-corrected chi connectivity index (χ4v) is 4.91. The molecule has 2 aromatic carbocycles. The first-order valence-electron chi connectivity index (χ1n) is 10.1. The van der Waals surface area contributed by atoms with Crippen molar-refractivity contribution < 1.29 is 13.2 Å². The first-order valence-corrected chi connectivity index (χ1v) is 11.5. The molecule has 1 fully saturated rings. The highest BCUT2D eigenvalue weighted by Crippen LogP contribution is 2.22. The Labute approximate surface area is 173 Å². The summed E-state index contributed by atoms with van der Waals surface area (Å²) in [5, 5.41) is 2.82. The van der Waals surface area contributed by atoms with E-state index in [0.29, 0.717) is 24.6 Å². The Hall–Kier alpha value is -2.44. The van der Waals surface area contributed by atoms with Gasteiger partial charge < -0.3 is 5.32 Å². The number of anilines is 1. The number of piperidine rings is 1. The third-order valence-electron chi connectivity index (χ3n) is 5.08. The van der Waals surface area contributed by atoms with Crippen LogP contribution in [0, 0.1) is 0 Å². The van der Waals surface area contributed by atoms with Crippen molar-refractivity contribution in [1.82, 2.24) is 4.31 Å². The number of sulfonamides is 1. The van der Waals surface area contributed by atoms with Crippen LogP contribution < -0.4 is 5.32 Å². The van der Waals surface area contributed by atoms with Crippen molar-refractivity contribution in [2.24, 2.45) is 0 Å². The number of hydrogen-bond acceptors (Lipinski definition) is 3. The molecule has 154 valence electrons. The second-order valence-electron chi connectivity index (χ2n) is 7.64. The number of amides is 1. The molecule has 0 bridgehead atoms. The maximum Gasteiger partial charge on any atom is 0.248 e. The standard InChI is InChI=1S/C23H28N2O3S/c1-18(2)20-10-12-21(13-11-20)24-23(26)14-9-19-7-6-8-22(17-19)29(27,28)25-15-4-3-5-16-25/h6-14,17-18H,3-5,15-16H2,1-2H3,(H,24,26)/b14-9+. The van der Waals surface area contributed by atoms with Crippen molar-refractivity contribution in [2.75, 3.05) is 18.4 Å². The lowest BCUT2D eigenvalue weighted by atomic mass is 10.0. The summed E-state index contributed by atoms with van der Waals surface area (Å²) in [6.07, 6.45) is 5.93. The molecule has 5 nitrogen and oxygen atoms in total. The normalized spacial score (nSPS) is 15.7. The van der Waals surface area contributed by atoms with Gasteiger partial charge in [0.05, 0.1) is 4.90 Å². The summed E-state index contributed by atoms with van der Waals surface area (Å²) < 4.78 is 27.2. The highest BCUT2D eigenvalue weighted by molar-refractivity contribution is 7.89. The van der Waals surface area contributed by atoms with Crippen molar-refractivity contribution >= 4 is 27.7 Å². The van der Waals surface area contributed by atoms with E-state index in [1.807, 2.05) is 24.3 Å². The summed E-state index contributed by atoms with van der Waals surface area (Å²) >= 11 is 0. The van der Waals surface area contributed by atoms with E-state index in [4.69, 9.17) is 0 Å². The van der Waals surface area contributed by atoms with Crippen LogP contribution in [0.4, 0.5) is 5.69 Å². The summed E-state index contributed by atoms with van der Waals surface area (Å²) in [5.41, 5.74) is 2.61. The zero-order chi connectivity index (χ0) is 20.9. The van der Waals surface area contributed by atoms with E-state index < -0.39 is 10.0 Å². The Morgan fingerprint density at radius 1 is 1.03 bits per heavy atom. The number of hydrogen-bond donors (Lipinski definition) is 1. The second kappa shape index (κ2) is 9.37. The molecule has 6 heteroatoms. The molecular formula is C23H28N2O3S. The lowest BCUT2D eigenvalue weighted by Gasteiger charge is -2.25. The van der Waals surface area contributed by atoms with Gasteiger partial charge in [0.1, 0.15) is 0 Å². The van der Waals surface area contributed by atoms with Crippen LogP contribution in [0.25, 0.3) is 6.08 Å². The molecule has 29 heavy (non-hydrogen) atoms. The average molecular weight is 413 g/mol. The van der Waals surface area contributed by atoms with Gasteiger partial charge in [-0.05, 0) is 60.2 Å². The lowest BCUT2D eigenvalue weighted by molar-refractivity contribution is -0.111. The Kier molecular flexibility index (Phi) is 6.87. The largest absolute Gasteiger partial charge is 0.323 e. The molecule has 0 radical (unpaired) electrons. The van der Waals surface area contributed by atoms with Gasteiger partial charge in [-0.1, -0.05) is 44.5 Å². The molecule has 1 amide bonds. The van der Waals surface area contributed by atoms with Crippen LogP contribution >= 0.6 is 0 Å². The lowest BCUT2D eigenvalue weighted by Crippen LogP contribution is -2.35. The fourth-order valence-electron chi connectivity index (χ4n) is 3.34. The van der Waals surface area contributed by atoms with Crippen LogP contribution in [0.15, 0.2) is 59.5 Å². The minimum Gasteiger partial charge on any atom is -0.323 e. The van der Waals surface area contributed by atoms with Crippen molar-refractivity contribution in [3.8, 4) is 0 Å². The van der Waals surface area contributed by atoms with E-state index >= 15 is 0 Å². The summed E-state index contributed by atoms with van der Waals surface area (Å²) in [6.45, 7) is 5.38. The van der Waals surface area contributed by atoms with Crippen molar-refractivity contribution in [3.63, 3.8) is 0 Å². The van der Waals surface area contributed by atoms with Crippen LogP contribution in [0.1, 0.15) is 50.2 Å². The smallest absolute Gasteiger partial charge is 0.248 e. The molecule has 0 spiro atoms. The molecule has 0 atom stereocenters. The molecule has 1 N–H and O–H groups in total. The minimum atomic E-state index is -3.48. The first kappa shape index (κ1) is 21.3. The maximum absolute atomic E-state index is 12.8. The maximum atomic E-state index is 12.8. The molecule has 1 saturated heterocycles. The third-order valence-corrected chi connectivity index (χ3v) is 6.98. The highest BCUT2D eigenvalue weighted by Gasteiger charge is 2.25. The Balaban J connectivity index is 1.67. The summed E-state index contributed by atoms with van der Waals surface area (Å²) in [6, 6.07) is 14.5. The van der Waals surface area contributed by atoms with Crippen molar-refractivity contribution in [1.29, 1.82) is 0 Å². The molecule has 1 heterocycles. The molecule has 2 aromatic rings. The van der Waals surface area contributed by atoms with Gasteiger partial charge in [0.15, 0.2) is 0 Å². The molecular weight excluding hydrogens is 384 g/mol. The highest BCUT2D eigenvalue weighted by atomic mass is 32.2. The van der Waals surface area contributed by atoms with E-state index in [9.17, 15) is 13.2 Å². The summed E-state index contributed by atoms with van der Waals surface area (Å²) in [7, 11) is -3.48. The van der Waals surface area contributed by atoms with Gasteiger partial charge in [-0.25, -0.2) is 8.42 Å². The fraction of sp³-hybridized carbons (Fsp3) is 0.348. The number of rotatable bonds is 6. The predicted octanol–water partition coefficient (Wildman–Crippen LogP) is 4.64. The van der Waals surface area contributed by atoms with Gasteiger partial charge >= 0.3 is 0 Å². The predicted molar refractivity (Wildman–Crippen MR) is 117 cm³/mol. The quantitative estimate of drug-likeness (QED) is 0.703. The average Bonchev–Trinajstić information content (AvgIpc) is 2.73. The molecule has 0 aliphatic carbocycles. The van der Waals surface area contributed by atoms with Crippen molar-refractivity contribution in [3.05, 3.63) is 65.7 Å². The van der Waals surface area contributed by atoms with Crippen LogP contribution in [0.5, 0.6) is 0 Å². The number of benzene rings is 2. The topological polar surface area (TPSA) is 66.5 Å². The van der Waals surface area contributed by atoms with Gasteiger partial charge in [-0.15, -0.1) is 0 Å². The van der Waals surface area contributed by atoms with E-state index in [2.05, 4.69) is 19.2 Å². The van der Waals surface area contributed by atoms with E-state index in [1.165, 1.54) is 11.6 Å². The van der Waals surface area contributed by atoms with Gasteiger partial charge in [0, 0.05) is 24.9 Å². The molecule has 0 unspecified atom stereocenters. The molecule has 1 aliphatic rings. The van der Waals surface area contributed by atoms with E-state index in [-0.39, 0.29) is 10.8 Å². The minimum absolute atomic E-state index is 0.258. The van der Waals surface area contributed by atoms with Gasteiger partial charge in [-0.2, -0.15) is 4.31 Å². The molecule has 0 aromatic heterocycles. The monoisotopic (exact) mass is 412 g/mol. The van der Waals surface area contributed by atoms with Crippen LogP contribution in [0.2, 0.25) is 0 Å². The Morgan fingerprint density at radius 3 is 2.38 bits per heavy atom. The van der Waals surface area contributed by atoms with Gasteiger partial charge in [0.2, 0.25) is 15.9 Å². The van der Waals surface area contributed by atoms with Crippen molar-refractivity contribution in [2.45, 2.75) is 43.9 Å². The number of nitrogens with one attached hydrogen (secondary N) is 1. The van der Waals surface area contributed by atoms with Crippen LogP contribution in [-0.4, -0.2) is 31.7 Å². The molecule has 0 saturated carbocycles. The Bertz CT molecular complexity index is 973. The molecule has 3 rings (SSSR count). The molecule has 1 aliphatic heterocycles. The zero-order valence-electron chi connectivity index (χ0n) is 17.0. The zero-order valence-corrected chi connectivity index (χ0v) is 17.8. The van der Waals surface area contributed by atoms with Gasteiger partial charge in [-0.3, -0.25) is 4.79 Å². The van der Waals surface area contributed by atoms with E-state index in [0.717, 1.165) is 24.9 Å². The first-order chi connectivity index (χ1) is 13.9. The summed E-state index contributed by atoms with van der Waals surface area (Å²) in [4.78, 5) is 12.5. The number of carbonyl (C=O) groups excluding carboxylic acids is 1. The van der Waals surface area contributed by atoms with E-state index in [1.54, 1.807) is 34.6 Å². The summed E-state index contributed by atoms with van der Waals surface area (Å²) in [5.74, 6) is 0.180. The SMILES string of the molecule is CC(C)c1ccc(NC(=O)/C=C/c2cccc(S(=O)(=O)N3CCCCC3)c2)cc1. The van der Waals surface area contributed by atoms with Crippen LogP contribution in [-0.2, 0) is 14.8 Å². The Morgan fingerprint density at radius 2 is 1.72 bits per heavy atom. The number of nitrogens with zero attached hydrogens (tertiary/aromatic N) is 1. The number of carbonyl (C=O) groups is 1. The second-order valence-corrected chi connectivity index (χ2v) is 9.57.